The highest BCUT2D eigenvalue weighted by atomic mass is 32.2. The van der Waals surface area contributed by atoms with Gasteiger partial charge in [0, 0.05) is 12.8 Å². The standard InChI is InChI=1S/C26H45NO3SSi/c1-7-8-9-10-11-12-16-22(30-32(5,6)26(2,3)4)21-29-23-17-15-20-28-25(23)31-24-18-13-14-19-27-24/h13-14,16,18-19,23,25H,7-12,15,17,20-21H2,1-6H3/b22-16-. The number of hydrogen-bond donors (Lipinski definition) is 0. The molecular formula is C26H45NO3SSi. The molecule has 0 N–H and O–H groups in total. The van der Waals surface area contributed by atoms with E-state index in [1.807, 2.05) is 24.4 Å². The summed E-state index contributed by atoms with van der Waals surface area (Å²) in [6, 6.07) is 5.99. The molecule has 2 unspecified atom stereocenters. The van der Waals surface area contributed by atoms with Crippen LogP contribution in [0.2, 0.25) is 18.1 Å². The van der Waals surface area contributed by atoms with Gasteiger partial charge in [0.1, 0.15) is 17.8 Å². The van der Waals surface area contributed by atoms with Crippen molar-refractivity contribution >= 4 is 20.1 Å². The minimum absolute atomic E-state index is 0.0261. The molecule has 2 atom stereocenters. The molecule has 2 rings (SSSR count). The van der Waals surface area contributed by atoms with Crippen LogP contribution in [0.4, 0.5) is 0 Å². The summed E-state index contributed by atoms with van der Waals surface area (Å²) < 4.78 is 19.2. The lowest BCUT2D eigenvalue weighted by Gasteiger charge is -2.38. The Morgan fingerprint density at radius 3 is 2.69 bits per heavy atom. The summed E-state index contributed by atoms with van der Waals surface area (Å²) in [6.07, 6.45) is 13.7. The molecule has 0 radical (unpaired) electrons. The SMILES string of the molecule is CCCCCCC/C=C(/COC1CCCOC1Sc1ccccn1)O[Si](C)(C)C(C)(C)C. The van der Waals surface area contributed by atoms with E-state index in [1.165, 1.54) is 32.1 Å². The van der Waals surface area contributed by atoms with E-state index in [4.69, 9.17) is 13.9 Å². The van der Waals surface area contributed by atoms with Gasteiger partial charge in [-0.1, -0.05) is 71.2 Å². The van der Waals surface area contributed by atoms with E-state index in [0.717, 1.165) is 36.7 Å². The molecule has 0 amide bonds. The van der Waals surface area contributed by atoms with Crippen LogP contribution in [0.25, 0.3) is 0 Å². The summed E-state index contributed by atoms with van der Waals surface area (Å²) in [5, 5.41) is 1.15. The largest absolute Gasteiger partial charge is 0.545 e. The summed E-state index contributed by atoms with van der Waals surface area (Å²) in [5.74, 6) is 1.01. The Kier molecular flexibility index (Phi) is 11.8. The fourth-order valence-corrected chi connectivity index (χ4v) is 5.50. The van der Waals surface area contributed by atoms with Crippen LogP contribution in [0.15, 0.2) is 41.3 Å². The van der Waals surface area contributed by atoms with Gasteiger partial charge in [-0.25, -0.2) is 4.98 Å². The fraction of sp³-hybridized carbons (Fsp3) is 0.731. The number of allylic oxidation sites excluding steroid dienone is 1. The number of hydrogen-bond acceptors (Lipinski definition) is 5. The molecule has 1 aromatic rings. The zero-order valence-corrected chi connectivity index (χ0v) is 23.0. The molecule has 0 aliphatic carbocycles. The molecule has 2 heterocycles. The lowest BCUT2D eigenvalue weighted by atomic mass is 10.1. The Hall–Kier alpha value is -0.823. The van der Waals surface area contributed by atoms with Crippen LogP contribution in [-0.2, 0) is 13.9 Å². The fourth-order valence-electron chi connectivity index (χ4n) is 3.35. The van der Waals surface area contributed by atoms with Gasteiger partial charge in [-0.05, 0) is 62.0 Å². The molecule has 0 saturated carbocycles. The second-order valence-corrected chi connectivity index (χ2v) is 16.1. The first-order chi connectivity index (χ1) is 15.2. The van der Waals surface area contributed by atoms with Crippen LogP contribution in [-0.4, -0.2) is 38.1 Å². The predicted molar refractivity (Wildman–Crippen MR) is 139 cm³/mol. The highest BCUT2D eigenvalue weighted by Gasteiger charge is 2.39. The molecule has 0 spiro atoms. The van der Waals surface area contributed by atoms with Crippen molar-refractivity contribution in [3.8, 4) is 0 Å². The number of nitrogens with zero attached hydrogens (tertiary/aromatic N) is 1. The van der Waals surface area contributed by atoms with Crippen molar-refractivity contribution < 1.29 is 13.9 Å². The van der Waals surface area contributed by atoms with Gasteiger partial charge < -0.3 is 13.9 Å². The molecule has 182 valence electrons. The Balaban J connectivity index is 1.99. The maximum atomic E-state index is 6.69. The Morgan fingerprint density at radius 2 is 2.00 bits per heavy atom. The molecular weight excluding hydrogens is 434 g/mol. The lowest BCUT2D eigenvalue weighted by Crippen LogP contribution is -2.41. The van der Waals surface area contributed by atoms with Gasteiger partial charge >= 0.3 is 0 Å². The zero-order valence-electron chi connectivity index (χ0n) is 21.2. The molecule has 1 aliphatic rings. The van der Waals surface area contributed by atoms with Gasteiger partial charge in [0.2, 0.25) is 8.32 Å². The molecule has 4 nitrogen and oxygen atoms in total. The number of pyridine rings is 1. The van der Waals surface area contributed by atoms with Gasteiger partial charge in [-0.3, -0.25) is 0 Å². The van der Waals surface area contributed by atoms with Crippen molar-refractivity contribution in [1.82, 2.24) is 4.98 Å². The first-order valence-corrected chi connectivity index (χ1v) is 16.2. The van der Waals surface area contributed by atoms with Crippen molar-refractivity contribution in [3.63, 3.8) is 0 Å². The van der Waals surface area contributed by atoms with Crippen LogP contribution in [0, 0.1) is 0 Å². The number of aromatic nitrogens is 1. The van der Waals surface area contributed by atoms with Crippen LogP contribution in [0.1, 0.15) is 79.1 Å². The van der Waals surface area contributed by atoms with E-state index in [1.54, 1.807) is 11.8 Å². The summed E-state index contributed by atoms with van der Waals surface area (Å²) in [4.78, 5) is 4.45. The molecule has 1 aromatic heterocycles. The van der Waals surface area contributed by atoms with E-state index in [9.17, 15) is 0 Å². The topological polar surface area (TPSA) is 40.6 Å². The van der Waals surface area contributed by atoms with Crippen LogP contribution in [0.3, 0.4) is 0 Å². The summed E-state index contributed by atoms with van der Waals surface area (Å²) in [5.41, 5.74) is -0.0261. The smallest absolute Gasteiger partial charge is 0.250 e. The lowest BCUT2D eigenvalue weighted by molar-refractivity contribution is -0.0647. The van der Waals surface area contributed by atoms with Crippen molar-refractivity contribution in [2.24, 2.45) is 0 Å². The van der Waals surface area contributed by atoms with Gasteiger partial charge in [-0.2, -0.15) is 0 Å². The Morgan fingerprint density at radius 1 is 1.22 bits per heavy atom. The van der Waals surface area contributed by atoms with Crippen LogP contribution in [0.5, 0.6) is 0 Å². The van der Waals surface area contributed by atoms with Gasteiger partial charge in [0.25, 0.3) is 0 Å². The summed E-state index contributed by atoms with van der Waals surface area (Å²) in [6.45, 7) is 15.1. The third-order valence-corrected chi connectivity index (χ3v) is 11.9. The third-order valence-electron chi connectivity index (χ3n) is 6.41. The average molecular weight is 480 g/mol. The summed E-state index contributed by atoms with van der Waals surface area (Å²) >= 11 is 1.66. The first-order valence-electron chi connectivity index (χ1n) is 12.4. The summed E-state index contributed by atoms with van der Waals surface area (Å²) in [7, 11) is -1.91. The minimum Gasteiger partial charge on any atom is -0.545 e. The average Bonchev–Trinajstić information content (AvgIpc) is 2.75. The highest BCUT2D eigenvalue weighted by molar-refractivity contribution is 7.99. The normalized spacial score (nSPS) is 20.4. The third kappa shape index (κ3) is 9.58. The van der Waals surface area contributed by atoms with E-state index in [-0.39, 0.29) is 16.6 Å². The van der Waals surface area contributed by atoms with Gasteiger partial charge in [0.05, 0.1) is 11.1 Å². The van der Waals surface area contributed by atoms with Crippen molar-refractivity contribution in [3.05, 3.63) is 36.2 Å². The number of rotatable bonds is 13. The molecule has 32 heavy (non-hydrogen) atoms. The van der Waals surface area contributed by atoms with Crippen molar-refractivity contribution in [1.29, 1.82) is 0 Å². The van der Waals surface area contributed by atoms with Gasteiger partial charge in [0.15, 0.2) is 0 Å². The maximum absolute atomic E-state index is 6.69. The van der Waals surface area contributed by atoms with Crippen molar-refractivity contribution in [2.75, 3.05) is 13.2 Å². The molecule has 0 aromatic carbocycles. The second-order valence-electron chi connectivity index (χ2n) is 10.3. The van der Waals surface area contributed by atoms with E-state index >= 15 is 0 Å². The zero-order chi connectivity index (χ0) is 23.5. The second kappa shape index (κ2) is 13.8. The predicted octanol–water partition coefficient (Wildman–Crippen LogP) is 7.96. The molecule has 6 heteroatoms. The first kappa shape index (κ1) is 27.4. The number of ether oxygens (including phenoxy) is 2. The van der Waals surface area contributed by atoms with E-state index in [0.29, 0.717) is 6.61 Å². The van der Waals surface area contributed by atoms with Gasteiger partial charge in [-0.15, -0.1) is 0 Å². The molecule has 1 saturated heterocycles. The maximum Gasteiger partial charge on any atom is 0.250 e. The monoisotopic (exact) mass is 479 g/mol. The van der Waals surface area contributed by atoms with E-state index < -0.39 is 8.32 Å². The molecule has 0 bridgehead atoms. The van der Waals surface area contributed by atoms with E-state index in [2.05, 4.69) is 51.8 Å². The Labute approximate surface area is 202 Å². The Bertz CT molecular complexity index is 675. The number of unbranched alkanes of at least 4 members (excludes halogenated alkanes) is 5. The van der Waals surface area contributed by atoms with Crippen LogP contribution >= 0.6 is 11.8 Å². The quantitative estimate of drug-likeness (QED) is 0.163. The van der Waals surface area contributed by atoms with Crippen LogP contribution < -0.4 is 0 Å². The highest BCUT2D eigenvalue weighted by Crippen LogP contribution is 2.38. The molecule has 1 fully saturated rings. The minimum atomic E-state index is -1.91. The number of thioether (sulfide) groups is 1. The van der Waals surface area contributed by atoms with Crippen molar-refractivity contribution in [2.45, 2.75) is 114 Å². The molecule has 1 aliphatic heterocycles.